The largest absolute Gasteiger partial charge is 0.466 e. The third-order valence-corrected chi connectivity index (χ3v) is 3.82. The maximum absolute atomic E-state index is 12.6. The summed E-state index contributed by atoms with van der Waals surface area (Å²) in [6, 6.07) is 9.49. The van der Waals surface area contributed by atoms with Crippen LogP contribution in [0.3, 0.4) is 0 Å². The zero-order chi connectivity index (χ0) is 20.4. The second kappa shape index (κ2) is 10.6. The number of hydrogen-bond acceptors (Lipinski definition) is 6. The quantitative estimate of drug-likeness (QED) is 0.285. The van der Waals surface area contributed by atoms with Crippen LogP contribution in [0.5, 0.6) is 0 Å². The molecule has 28 heavy (non-hydrogen) atoms. The molecule has 0 N–H and O–H groups in total. The van der Waals surface area contributed by atoms with Gasteiger partial charge < -0.3 is 9.64 Å². The molecule has 1 aromatic carbocycles. The standard InChI is InChI=1S/C20H21N3O5/c1-2-28-20(25)11-13-22(15-17-4-3-12-21-14-17)19(24)10-7-16-5-8-18(9-6-16)23(26)27/h3-10,12,14H,2,11,13,15H2,1H3/b10-7+. The molecular weight excluding hydrogens is 362 g/mol. The van der Waals surface area contributed by atoms with Crippen molar-refractivity contribution in [2.75, 3.05) is 13.2 Å². The summed E-state index contributed by atoms with van der Waals surface area (Å²) in [6.07, 6.45) is 6.34. The second-order valence-corrected chi connectivity index (χ2v) is 5.86. The van der Waals surface area contributed by atoms with E-state index in [1.54, 1.807) is 43.6 Å². The monoisotopic (exact) mass is 383 g/mol. The van der Waals surface area contributed by atoms with Crippen molar-refractivity contribution >= 4 is 23.6 Å². The number of carbonyl (C=O) groups excluding carboxylic acids is 2. The molecule has 0 fully saturated rings. The number of pyridine rings is 1. The molecule has 8 heteroatoms. The molecule has 0 aliphatic carbocycles. The van der Waals surface area contributed by atoms with E-state index in [4.69, 9.17) is 4.74 Å². The molecule has 1 heterocycles. The lowest BCUT2D eigenvalue weighted by Crippen LogP contribution is -2.31. The maximum Gasteiger partial charge on any atom is 0.307 e. The summed E-state index contributed by atoms with van der Waals surface area (Å²) < 4.78 is 4.92. The van der Waals surface area contributed by atoms with Gasteiger partial charge in [0, 0.05) is 43.7 Å². The number of hydrogen-bond donors (Lipinski definition) is 0. The molecule has 146 valence electrons. The van der Waals surface area contributed by atoms with E-state index >= 15 is 0 Å². The Morgan fingerprint density at radius 1 is 1.25 bits per heavy atom. The first-order valence-electron chi connectivity index (χ1n) is 8.75. The SMILES string of the molecule is CCOC(=O)CCN(Cc1cccnc1)C(=O)/C=C/c1ccc([N+](=O)[O-])cc1. The first-order chi connectivity index (χ1) is 13.5. The average molecular weight is 383 g/mol. The van der Waals surface area contributed by atoms with Crippen molar-refractivity contribution in [2.24, 2.45) is 0 Å². The number of non-ortho nitro benzene ring substituents is 1. The molecule has 0 atom stereocenters. The molecule has 0 aliphatic heterocycles. The van der Waals surface area contributed by atoms with Crippen LogP contribution in [0.25, 0.3) is 6.08 Å². The predicted molar refractivity (Wildman–Crippen MR) is 103 cm³/mol. The average Bonchev–Trinajstić information content (AvgIpc) is 2.70. The highest BCUT2D eigenvalue weighted by Gasteiger charge is 2.14. The number of carbonyl (C=O) groups is 2. The summed E-state index contributed by atoms with van der Waals surface area (Å²) in [4.78, 5) is 40.0. The Morgan fingerprint density at radius 3 is 2.61 bits per heavy atom. The van der Waals surface area contributed by atoms with E-state index in [-0.39, 0.29) is 37.1 Å². The van der Waals surface area contributed by atoms with Crippen molar-refractivity contribution in [1.82, 2.24) is 9.88 Å². The zero-order valence-corrected chi connectivity index (χ0v) is 15.5. The number of aromatic nitrogens is 1. The molecule has 0 aliphatic rings. The minimum absolute atomic E-state index is 0.0175. The summed E-state index contributed by atoms with van der Waals surface area (Å²) in [6.45, 7) is 2.52. The first kappa shape index (κ1) is 20.8. The Labute approximate surface area is 162 Å². The van der Waals surface area contributed by atoms with Crippen LogP contribution >= 0.6 is 0 Å². The molecule has 0 radical (unpaired) electrons. The van der Waals surface area contributed by atoms with Crippen LogP contribution in [0, 0.1) is 10.1 Å². The highest BCUT2D eigenvalue weighted by molar-refractivity contribution is 5.92. The fourth-order valence-corrected chi connectivity index (χ4v) is 2.42. The predicted octanol–water partition coefficient (Wildman–Crippen LogP) is 2.99. The van der Waals surface area contributed by atoms with Crippen molar-refractivity contribution in [2.45, 2.75) is 19.9 Å². The van der Waals surface area contributed by atoms with E-state index in [9.17, 15) is 19.7 Å². The lowest BCUT2D eigenvalue weighted by molar-refractivity contribution is -0.384. The smallest absolute Gasteiger partial charge is 0.307 e. The minimum atomic E-state index is -0.482. The lowest BCUT2D eigenvalue weighted by atomic mass is 10.2. The van der Waals surface area contributed by atoms with Crippen LogP contribution in [0.1, 0.15) is 24.5 Å². The van der Waals surface area contributed by atoms with Gasteiger partial charge in [-0.1, -0.05) is 6.07 Å². The Morgan fingerprint density at radius 2 is 2.00 bits per heavy atom. The summed E-state index contributed by atoms with van der Waals surface area (Å²) in [7, 11) is 0. The Hall–Kier alpha value is -3.55. The molecule has 0 saturated heterocycles. The molecule has 0 unspecified atom stereocenters. The minimum Gasteiger partial charge on any atom is -0.466 e. The van der Waals surface area contributed by atoms with Gasteiger partial charge in [0.2, 0.25) is 5.91 Å². The Bertz CT molecular complexity index is 835. The van der Waals surface area contributed by atoms with E-state index in [2.05, 4.69) is 4.98 Å². The third-order valence-electron chi connectivity index (χ3n) is 3.82. The molecular formula is C20H21N3O5. The van der Waals surface area contributed by atoms with Gasteiger partial charge in [0.05, 0.1) is 18.0 Å². The van der Waals surface area contributed by atoms with Crippen LogP contribution in [-0.2, 0) is 20.9 Å². The van der Waals surface area contributed by atoms with Crippen molar-refractivity contribution in [1.29, 1.82) is 0 Å². The van der Waals surface area contributed by atoms with Gasteiger partial charge in [0.15, 0.2) is 0 Å². The number of rotatable bonds is 9. The molecule has 1 aromatic heterocycles. The number of esters is 1. The van der Waals surface area contributed by atoms with E-state index in [0.717, 1.165) is 5.56 Å². The van der Waals surface area contributed by atoms with Gasteiger partial charge in [-0.05, 0) is 42.3 Å². The number of amides is 1. The van der Waals surface area contributed by atoms with Gasteiger partial charge in [-0.3, -0.25) is 24.7 Å². The fraction of sp³-hybridized carbons (Fsp3) is 0.250. The number of benzene rings is 1. The second-order valence-electron chi connectivity index (χ2n) is 5.86. The van der Waals surface area contributed by atoms with Gasteiger partial charge in [-0.25, -0.2) is 0 Å². The van der Waals surface area contributed by atoms with Gasteiger partial charge in [-0.15, -0.1) is 0 Å². The molecule has 0 saturated carbocycles. The van der Waals surface area contributed by atoms with Crippen LogP contribution in [0.15, 0.2) is 54.9 Å². The van der Waals surface area contributed by atoms with Gasteiger partial charge in [0.25, 0.3) is 5.69 Å². The molecule has 2 aromatic rings. The first-order valence-corrected chi connectivity index (χ1v) is 8.75. The van der Waals surface area contributed by atoms with Crippen molar-refractivity contribution in [3.63, 3.8) is 0 Å². The Balaban J connectivity index is 2.07. The van der Waals surface area contributed by atoms with Crippen LogP contribution in [0.2, 0.25) is 0 Å². The maximum atomic E-state index is 12.6. The summed E-state index contributed by atoms with van der Waals surface area (Å²) in [5.74, 6) is -0.655. The molecule has 0 spiro atoms. The number of nitro groups is 1. The van der Waals surface area contributed by atoms with Gasteiger partial charge >= 0.3 is 5.97 Å². The van der Waals surface area contributed by atoms with Crippen molar-refractivity contribution < 1.29 is 19.2 Å². The molecule has 2 rings (SSSR count). The summed E-state index contributed by atoms with van der Waals surface area (Å²) >= 11 is 0. The number of ether oxygens (including phenoxy) is 1. The fourth-order valence-electron chi connectivity index (χ4n) is 2.42. The van der Waals surface area contributed by atoms with Crippen molar-refractivity contribution in [3.8, 4) is 0 Å². The zero-order valence-electron chi connectivity index (χ0n) is 15.5. The number of nitro benzene ring substituents is 1. The normalized spacial score (nSPS) is 10.6. The molecule has 1 amide bonds. The highest BCUT2D eigenvalue weighted by Crippen LogP contribution is 2.13. The lowest BCUT2D eigenvalue weighted by Gasteiger charge is -2.21. The number of nitrogens with zero attached hydrogens (tertiary/aromatic N) is 3. The van der Waals surface area contributed by atoms with Crippen LogP contribution in [0.4, 0.5) is 5.69 Å². The topological polar surface area (TPSA) is 103 Å². The molecule has 8 nitrogen and oxygen atoms in total. The summed E-state index contributed by atoms with van der Waals surface area (Å²) in [5, 5.41) is 10.7. The van der Waals surface area contributed by atoms with E-state index in [1.165, 1.54) is 23.1 Å². The third kappa shape index (κ3) is 6.64. The van der Waals surface area contributed by atoms with Crippen LogP contribution < -0.4 is 0 Å². The van der Waals surface area contributed by atoms with E-state index in [0.29, 0.717) is 12.1 Å². The van der Waals surface area contributed by atoms with Gasteiger partial charge in [0.1, 0.15) is 0 Å². The van der Waals surface area contributed by atoms with E-state index < -0.39 is 4.92 Å². The summed E-state index contributed by atoms with van der Waals surface area (Å²) in [5.41, 5.74) is 1.48. The van der Waals surface area contributed by atoms with E-state index in [1.807, 2.05) is 6.07 Å². The Kier molecular flexibility index (Phi) is 7.83. The molecule has 0 bridgehead atoms. The van der Waals surface area contributed by atoms with Crippen LogP contribution in [-0.4, -0.2) is 39.8 Å². The highest BCUT2D eigenvalue weighted by atomic mass is 16.6. The van der Waals surface area contributed by atoms with Crippen molar-refractivity contribution in [3.05, 3.63) is 76.1 Å². The van der Waals surface area contributed by atoms with Gasteiger partial charge in [-0.2, -0.15) is 0 Å².